The van der Waals surface area contributed by atoms with Crippen LogP contribution in [0.15, 0.2) is 29.3 Å². The minimum Gasteiger partial charge on any atom is -0.497 e. The van der Waals surface area contributed by atoms with Crippen LogP contribution < -0.4 is 15.4 Å². The molecule has 1 aromatic rings. The minimum absolute atomic E-state index is 0. The Morgan fingerprint density at radius 3 is 2.64 bits per heavy atom. The molecule has 1 amide bonds. The van der Waals surface area contributed by atoms with E-state index in [0.717, 1.165) is 17.9 Å². The van der Waals surface area contributed by atoms with Crippen LogP contribution in [0, 0.1) is 0 Å². The molecule has 2 N–H and O–H groups in total. The maximum Gasteiger partial charge on any atom is 0.241 e. The molecule has 0 radical (unpaired) electrons. The number of ether oxygens (including phenoxy) is 1. The highest BCUT2D eigenvalue weighted by molar-refractivity contribution is 14.0. The Morgan fingerprint density at radius 2 is 2.05 bits per heavy atom. The van der Waals surface area contributed by atoms with Gasteiger partial charge in [0.25, 0.3) is 0 Å². The van der Waals surface area contributed by atoms with Crippen molar-refractivity contribution in [2.75, 3.05) is 34.3 Å². The summed E-state index contributed by atoms with van der Waals surface area (Å²) in [7, 11) is 5.09. The van der Waals surface area contributed by atoms with Gasteiger partial charge in [0.05, 0.1) is 20.2 Å². The van der Waals surface area contributed by atoms with E-state index in [4.69, 9.17) is 4.74 Å². The zero-order valence-corrected chi connectivity index (χ0v) is 15.9. The van der Waals surface area contributed by atoms with Gasteiger partial charge < -0.3 is 20.3 Å². The molecule has 6 nitrogen and oxygen atoms in total. The van der Waals surface area contributed by atoms with Gasteiger partial charge in [-0.15, -0.1) is 24.0 Å². The predicted molar refractivity (Wildman–Crippen MR) is 99.9 cm³/mol. The summed E-state index contributed by atoms with van der Waals surface area (Å²) in [6.07, 6.45) is 0. The number of rotatable bonds is 6. The summed E-state index contributed by atoms with van der Waals surface area (Å²) in [6, 6.07) is 7.75. The van der Waals surface area contributed by atoms with Crippen LogP contribution in [0.4, 0.5) is 0 Å². The smallest absolute Gasteiger partial charge is 0.241 e. The van der Waals surface area contributed by atoms with Gasteiger partial charge in [0.1, 0.15) is 5.75 Å². The number of guanidine groups is 1. The molecule has 0 atom stereocenters. The van der Waals surface area contributed by atoms with E-state index in [1.54, 1.807) is 26.1 Å². The quantitative estimate of drug-likeness (QED) is 0.416. The first kappa shape index (κ1) is 20.5. The second-order valence-electron chi connectivity index (χ2n) is 4.69. The van der Waals surface area contributed by atoms with E-state index in [9.17, 15) is 4.79 Å². The summed E-state index contributed by atoms with van der Waals surface area (Å²) in [5.74, 6) is 1.43. The van der Waals surface area contributed by atoms with Crippen LogP contribution in [0.1, 0.15) is 12.5 Å². The van der Waals surface area contributed by atoms with E-state index in [2.05, 4.69) is 15.6 Å². The van der Waals surface area contributed by atoms with Gasteiger partial charge in [-0.05, 0) is 24.6 Å². The minimum atomic E-state index is 0. The van der Waals surface area contributed by atoms with E-state index in [-0.39, 0.29) is 36.4 Å². The zero-order chi connectivity index (χ0) is 15.7. The van der Waals surface area contributed by atoms with Crippen LogP contribution in [-0.4, -0.2) is 51.1 Å². The molecule has 7 heteroatoms. The number of nitrogens with zero attached hydrogens (tertiary/aromatic N) is 2. The first-order valence-corrected chi connectivity index (χ1v) is 6.92. The van der Waals surface area contributed by atoms with Gasteiger partial charge in [0.2, 0.25) is 5.91 Å². The summed E-state index contributed by atoms with van der Waals surface area (Å²) >= 11 is 0. The van der Waals surface area contributed by atoms with Gasteiger partial charge in [0.15, 0.2) is 5.96 Å². The largest absolute Gasteiger partial charge is 0.497 e. The van der Waals surface area contributed by atoms with Gasteiger partial charge in [0, 0.05) is 20.6 Å². The summed E-state index contributed by atoms with van der Waals surface area (Å²) in [5, 5.41) is 6.13. The van der Waals surface area contributed by atoms with Crippen molar-refractivity contribution < 1.29 is 9.53 Å². The first-order valence-electron chi connectivity index (χ1n) is 6.92. The van der Waals surface area contributed by atoms with Crippen molar-refractivity contribution in [2.24, 2.45) is 4.99 Å². The van der Waals surface area contributed by atoms with E-state index >= 15 is 0 Å². The molecule has 0 saturated heterocycles. The monoisotopic (exact) mass is 420 g/mol. The molecule has 0 saturated carbocycles. The third kappa shape index (κ3) is 7.48. The van der Waals surface area contributed by atoms with Crippen LogP contribution in [0.2, 0.25) is 0 Å². The summed E-state index contributed by atoms with van der Waals surface area (Å²) < 4.78 is 5.18. The highest BCUT2D eigenvalue weighted by Crippen LogP contribution is 2.12. The maximum atomic E-state index is 11.6. The molecule has 22 heavy (non-hydrogen) atoms. The van der Waals surface area contributed by atoms with Crippen molar-refractivity contribution in [3.8, 4) is 5.75 Å². The number of aliphatic imine (C=N–C) groups is 1. The van der Waals surface area contributed by atoms with E-state index < -0.39 is 0 Å². The standard InChI is InChI=1S/C15H24N4O2.HI/c1-5-16-15(18-11-14(20)19(2)3)17-10-12-7-6-8-13(9-12)21-4;/h6-9H,5,10-11H2,1-4H3,(H2,16,17,18);1H. The Bertz CT molecular complexity index is 492. The van der Waals surface area contributed by atoms with Crippen molar-refractivity contribution in [3.63, 3.8) is 0 Å². The lowest BCUT2D eigenvalue weighted by molar-refractivity contribution is -0.127. The predicted octanol–water partition coefficient (Wildman–Crippen LogP) is 1.46. The number of hydrogen-bond donors (Lipinski definition) is 2. The van der Waals surface area contributed by atoms with E-state index in [1.165, 1.54) is 0 Å². The van der Waals surface area contributed by atoms with Gasteiger partial charge in [-0.1, -0.05) is 12.1 Å². The Morgan fingerprint density at radius 1 is 1.32 bits per heavy atom. The lowest BCUT2D eigenvalue weighted by Gasteiger charge is -2.14. The molecule has 0 spiro atoms. The van der Waals surface area contributed by atoms with Crippen molar-refractivity contribution >= 4 is 35.8 Å². The Labute approximate surface area is 149 Å². The Hall–Kier alpha value is -1.51. The number of likely N-dealkylation sites (N-methyl/N-ethyl adjacent to an activating group) is 1. The molecule has 0 aliphatic heterocycles. The van der Waals surface area contributed by atoms with Gasteiger partial charge in [-0.25, -0.2) is 4.99 Å². The number of methoxy groups -OCH3 is 1. The number of halogens is 1. The van der Waals surface area contributed by atoms with E-state index in [1.807, 2.05) is 31.2 Å². The lowest BCUT2D eigenvalue weighted by atomic mass is 10.2. The molecule has 1 aromatic carbocycles. The van der Waals surface area contributed by atoms with Crippen LogP contribution in [0.25, 0.3) is 0 Å². The molecule has 0 fully saturated rings. The van der Waals surface area contributed by atoms with Crippen LogP contribution in [0.3, 0.4) is 0 Å². The first-order chi connectivity index (χ1) is 10.1. The fourth-order valence-corrected chi connectivity index (χ4v) is 1.60. The second kappa shape index (κ2) is 11.1. The van der Waals surface area contributed by atoms with Crippen LogP contribution in [0.5, 0.6) is 5.75 Å². The highest BCUT2D eigenvalue weighted by atomic mass is 127. The van der Waals surface area contributed by atoms with Crippen LogP contribution in [-0.2, 0) is 11.3 Å². The molecule has 124 valence electrons. The third-order valence-corrected chi connectivity index (χ3v) is 2.80. The average Bonchev–Trinajstić information content (AvgIpc) is 2.49. The van der Waals surface area contributed by atoms with Crippen molar-refractivity contribution in [2.45, 2.75) is 13.5 Å². The SMILES string of the molecule is CCNC(=NCc1cccc(OC)c1)NCC(=O)N(C)C.I. The topological polar surface area (TPSA) is 66.0 Å². The fourth-order valence-electron chi connectivity index (χ4n) is 1.60. The number of benzene rings is 1. The third-order valence-electron chi connectivity index (χ3n) is 2.80. The number of carbonyl (C=O) groups excluding carboxylic acids is 1. The zero-order valence-electron chi connectivity index (χ0n) is 13.5. The highest BCUT2D eigenvalue weighted by Gasteiger charge is 2.05. The Kier molecular flexibility index (Phi) is 10.3. The molecular formula is C15H25IN4O2. The molecule has 0 bridgehead atoms. The normalized spacial score (nSPS) is 10.5. The van der Waals surface area contributed by atoms with Crippen molar-refractivity contribution in [1.82, 2.24) is 15.5 Å². The number of nitrogens with one attached hydrogen (secondary N) is 2. The van der Waals surface area contributed by atoms with Crippen molar-refractivity contribution in [3.05, 3.63) is 29.8 Å². The van der Waals surface area contributed by atoms with E-state index in [0.29, 0.717) is 12.5 Å². The lowest BCUT2D eigenvalue weighted by Crippen LogP contribution is -2.42. The number of hydrogen-bond acceptors (Lipinski definition) is 3. The van der Waals surface area contributed by atoms with Gasteiger partial charge in [-0.2, -0.15) is 0 Å². The van der Waals surface area contributed by atoms with Crippen LogP contribution >= 0.6 is 24.0 Å². The Balaban J connectivity index is 0.00000441. The fraction of sp³-hybridized carbons (Fsp3) is 0.467. The average molecular weight is 420 g/mol. The molecule has 0 aliphatic rings. The molecule has 0 aromatic heterocycles. The molecule has 0 heterocycles. The summed E-state index contributed by atoms with van der Waals surface area (Å²) in [6.45, 7) is 3.45. The summed E-state index contributed by atoms with van der Waals surface area (Å²) in [4.78, 5) is 17.6. The van der Waals surface area contributed by atoms with Gasteiger partial charge in [-0.3, -0.25) is 4.79 Å². The van der Waals surface area contributed by atoms with Crippen molar-refractivity contribution in [1.29, 1.82) is 0 Å². The molecule has 0 unspecified atom stereocenters. The summed E-state index contributed by atoms with van der Waals surface area (Å²) in [5.41, 5.74) is 1.05. The maximum absolute atomic E-state index is 11.6. The molecular weight excluding hydrogens is 395 g/mol. The molecule has 1 rings (SSSR count). The second-order valence-corrected chi connectivity index (χ2v) is 4.69. The van der Waals surface area contributed by atoms with Gasteiger partial charge >= 0.3 is 0 Å². The number of amides is 1. The number of carbonyl (C=O) groups is 1. The molecule has 0 aliphatic carbocycles.